The van der Waals surface area contributed by atoms with Crippen LogP contribution in [0.2, 0.25) is 5.02 Å². The molecule has 0 aliphatic carbocycles. The molecular weight excluding hydrogens is 450 g/mol. The summed E-state index contributed by atoms with van der Waals surface area (Å²) >= 11 is 5.99. The lowest BCUT2D eigenvalue weighted by Crippen LogP contribution is -2.44. The van der Waals surface area contributed by atoms with Crippen LogP contribution >= 0.6 is 11.6 Å². The first kappa shape index (κ1) is 23.0. The van der Waals surface area contributed by atoms with Crippen molar-refractivity contribution < 1.29 is 17.9 Å². The quantitative estimate of drug-likeness (QED) is 0.690. The van der Waals surface area contributed by atoms with E-state index in [-0.39, 0.29) is 24.1 Å². The number of rotatable bonds is 6. The molecule has 1 N–H and O–H groups in total. The van der Waals surface area contributed by atoms with Crippen molar-refractivity contribution >= 4 is 38.9 Å². The average Bonchev–Trinajstić information content (AvgIpc) is 2.80. The summed E-state index contributed by atoms with van der Waals surface area (Å²) in [6.07, 6.45) is 1.32. The molecule has 0 saturated carbocycles. The molecule has 172 valence electrons. The van der Waals surface area contributed by atoms with Crippen molar-refractivity contribution in [3.05, 3.63) is 59.1 Å². The lowest BCUT2D eigenvalue weighted by atomic mass is 9.98. The summed E-state index contributed by atoms with van der Waals surface area (Å²) in [5.41, 5.74) is 2.46. The number of hydrogen-bond donors (Lipinski definition) is 1. The summed E-state index contributed by atoms with van der Waals surface area (Å²) < 4.78 is 32.7. The van der Waals surface area contributed by atoms with Gasteiger partial charge in [0.2, 0.25) is 15.9 Å². The van der Waals surface area contributed by atoms with Crippen LogP contribution in [0.15, 0.2) is 48.5 Å². The van der Waals surface area contributed by atoms with E-state index in [0.717, 1.165) is 32.0 Å². The lowest BCUT2D eigenvalue weighted by molar-refractivity contribution is -0.120. The summed E-state index contributed by atoms with van der Waals surface area (Å²) in [6, 6.07) is 14.6. The van der Waals surface area contributed by atoms with Crippen molar-refractivity contribution in [1.82, 2.24) is 4.31 Å². The Morgan fingerprint density at radius 2 is 1.84 bits per heavy atom. The Morgan fingerprint density at radius 3 is 2.56 bits per heavy atom. The Labute approximate surface area is 194 Å². The van der Waals surface area contributed by atoms with Crippen LogP contribution in [0.1, 0.15) is 18.4 Å². The Kier molecular flexibility index (Phi) is 7.35. The molecular formula is C23H28ClN3O4S. The molecule has 0 radical (unpaired) electrons. The Morgan fingerprint density at radius 1 is 1.09 bits per heavy atom. The number of amides is 1. The van der Waals surface area contributed by atoms with Gasteiger partial charge in [-0.25, -0.2) is 12.7 Å². The number of carbonyl (C=O) groups excluding carboxylic acids is 1. The standard InChI is InChI=1S/C23H28ClN3O4S/c24-20-5-1-3-18(15-20)17-32(29,30)27-10-2-4-19(16-27)23(28)25-21-6-8-22(9-7-21)26-11-13-31-14-12-26/h1,3,5-9,15,19H,2,4,10-14,16-17H2,(H,25,28)/t19-/m0/s1. The molecule has 2 saturated heterocycles. The zero-order valence-corrected chi connectivity index (χ0v) is 19.4. The molecule has 1 atom stereocenters. The van der Waals surface area contributed by atoms with E-state index >= 15 is 0 Å². The van der Waals surface area contributed by atoms with Gasteiger partial charge in [0.25, 0.3) is 0 Å². The zero-order chi connectivity index (χ0) is 22.6. The number of hydrogen-bond acceptors (Lipinski definition) is 5. The van der Waals surface area contributed by atoms with Crippen LogP contribution in [0.5, 0.6) is 0 Å². The van der Waals surface area contributed by atoms with Crippen molar-refractivity contribution in [1.29, 1.82) is 0 Å². The first-order valence-corrected chi connectivity index (χ1v) is 12.9. The van der Waals surface area contributed by atoms with E-state index in [4.69, 9.17) is 16.3 Å². The van der Waals surface area contributed by atoms with Crippen LogP contribution < -0.4 is 10.2 Å². The predicted molar refractivity (Wildman–Crippen MR) is 126 cm³/mol. The summed E-state index contributed by atoms with van der Waals surface area (Å²) in [6.45, 7) is 3.77. The summed E-state index contributed by atoms with van der Waals surface area (Å²) in [5.74, 6) is -0.645. The third-order valence-electron chi connectivity index (χ3n) is 5.90. The fourth-order valence-corrected chi connectivity index (χ4v) is 5.97. The highest BCUT2D eigenvalue weighted by Crippen LogP contribution is 2.25. The molecule has 0 spiro atoms. The Hall–Kier alpha value is -2.13. The summed E-state index contributed by atoms with van der Waals surface area (Å²) in [7, 11) is -3.53. The molecule has 0 aromatic heterocycles. The number of benzene rings is 2. The van der Waals surface area contributed by atoms with Crippen LogP contribution in [0, 0.1) is 5.92 Å². The number of piperidine rings is 1. The van der Waals surface area contributed by atoms with Crippen molar-refractivity contribution in [2.45, 2.75) is 18.6 Å². The number of morpholine rings is 1. The number of nitrogens with zero attached hydrogens (tertiary/aromatic N) is 2. The van der Waals surface area contributed by atoms with E-state index in [0.29, 0.717) is 35.7 Å². The minimum Gasteiger partial charge on any atom is -0.378 e. The maximum atomic E-state index is 12.9. The Balaban J connectivity index is 1.35. The number of anilines is 2. The van der Waals surface area contributed by atoms with Gasteiger partial charge in [-0.3, -0.25) is 4.79 Å². The highest BCUT2D eigenvalue weighted by molar-refractivity contribution is 7.88. The van der Waals surface area contributed by atoms with E-state index < -0.39 is 10.0 Å². The molecule has 2 heterocycles. The number of sulfonamides is 1. The van der Waals surface area contributed by atoms with E-state index in [1.807, 2.05) is 24.3 Å². The van der Waals surface area contributed by atoms with Crippen molar-refractivity contribution in [2.24, 2.45) is 5.92 Å². The molecule has 2 fully saturated rings. The van der Waals surface area contributed by atoms with Crippen LogP contribution in [0.25, 0.3) is 0 Å². The number of nitrogens with one attached hydrogen (secondary N) is 1. The second kappa shape index (κ2) is 10.2. The van der Waals surface area contributed by atoms with Gasteiger partial charge in [0.15, 0.2) is 0 Å². The minimum absolute atomic E-state index is 0.120. The fraction of sp³-hybridized carbons (Fsp3) is 0.435. The van der Waals surface area contributed by atoms with Gasteiger partial charge in [-0.15, -0.1) is 0 Å². The van der Waals surface area contributed by atoms with E-state index in [1.165, 1.54) is 4.31 Å². The van der Waals surface area contributed by atoms with Gasteiger partial charge in [-0.05, 0) is 54.8 Å². The molecule has 2 aromatic rings. The number of halogens is 1. The topological polar surface area (TPSA) is 79.0 Å². The predicted octanol–water partition coefficient (Wildman–Crippen LogP) is 3.36. The monoisotopic (exact) mass is 477 g/mol. The number of ether oxygens (including phenoxy) is 1. The third-order valence-corrected chi connectivity index (χ3v) is 7.95. The summed E-state index contributed by atoms with van der Waals surface area (Å²) in [4.78, 5) is 15.1. The van der Waals surface area contributed by atoms with Crippen molar-refractivity contribution in [2.75, 3.05) is 49.6 Å². The van der Waals surface area contributed by atoms with Gasteiger partial charge in [0.1, 0.15) is 0 Å². The van der Waals surface area contributed by atoms with E-state index in [1.54, 1.807) is 24.3 Å². The van der Waals surface area contributed by atoms with Crippen LogP contribution in [0.4, 0.5) is 11.4 Å². The van der Waals surface area contributed by atoms with Crippen LogP contribution in [-0.2, 0) is 25.3 Å². The molecule has 32 heavy (non-hydrogen) atoms. The second-order valence-electron chi connectivity index (χ2n) is 8.22. The SMILES string of the molecule is O=C(Nc1ccc(N2CCOCC2)cc1)[C@H]1CCCN(S(=O)(=O)Cc2cccc(Cl)c2)C1. The molecule has 9 heteroatoms. The zero-order valence-electron chi connectivity index (χ0n) is 17.9. The molecule has 7 nitrogen and oxygen atoms in total. The first-order chi connectivity index (χ1) is 15.4. The van der Waals surface area contributed by atoms with Gasteiger partial charge in [0.05, 0.1) is 24.9 Å². The van der Waals surface area contributed by atoms with Crippen molar-refractivity contribution in [3.63, 3.8) is 0 Å². The van der Waals surface area contributed by atoms with Gasteiger partial charge < -0.3 is 15.0 Å². The molecule has 1 amide bonds. The Bertz CT molecular complexity index is 1040. The largest absolute Gasteiger partial charge is 0.378 e. The minimum atomic E-state index is -3.53. The fourth-order valence-electron chi connectivity index (χ4n) is 4.16. The van der Waals surface area contributed by atoms with Gasteiger partial charge in [-0.1, -0.05) is 23.7 Å². The normalized spacial score (nSPS) is 20.2. The first-order valence-electron chi connectivity index (χ1n) is 10.9. The maximum Gasteiger partial charge on any atom is 0.228 e. The molecule has 2 aliphatic rings. The van der Waals surface area contributed by atoms with E-state index in [2.05, 4.69) is 10.2 Å². The average molecular weight is 478 g/mol. The molecule has 4 rings (SSSR count). The smallest absolute Gasteiger partial charge is 0.228 e. The molecule has 2 aromatic carbocycles. The third kappa shape index (κ3) is 5.81. The molecule has 0 unspecified atom stereocenters. The second-order valence-corrected chi connectivity index (χ2v) is 10.6. The maximum absolute atomic E-state index is 12.9. The highest BCUT2D eigenvalue weighted by atomic mass is 35.5. The molecule has 0 bridgehead atoms. The highest BCUT2D eigenvalue weighted by Gasteiger charge is 2.32. The van der Waals surface area contributed by atoms with Gasteiger partial charge >= 0.3 is 0 Å². The van der Waals surface area contributed by atoms with Gasteiger partial charge in [-0.2, -0.15) is 0 Å². The number of carbonyl (C=O) groups is 1. The van der Waals surface area contributed by atoms with E-state index in [9.17, 15) is 13.2 Å². The van der Waals surface area contributed by atoms with Crippen LogP contribution in [0.3, 0.4) is 0 Å². The lowest BCUT2D eigenvalue weighted by Gasteiger charge is -2.31. The van der Waals surface area contributed by atoms with Gasteiger partial charge in [0, 0.05) is 42.6 Å². The van der Waals surface area contributed by atoms with Crippen molar-refractivity contribution in [3.8, 4) is 0 Å². The molecule has 2 aliphatic heterocycles. The summed E-state index contributed by atoms with van der Waals surface area (Å²) in [5, 5.41) is 3.46. The van der Waals surface area contributed by atoms with Crippen LogP contribution in [-0.4, -0.2) is 58.0 Å².